The molecule has 0 aliphatic carbocycles. The summed E-state index contributed by atoms with van der Waals surface area (Å²) in [7, 11) is 0. The predicted octanol–water partition coefficient (Wildman–Crippen LogP) is 1.12. The molecule has 3 rings (SSSR count). The van der Waals surface area contributed by atoms with Crippen LogP contribution in [-0.2, 0) is 27.3 Å². The quantitative estimate of drug-likeness (QED) is 0.813. The zero-order valence-corrected chi connectivity index (χ0v) is 15.8. The largest absolute Gasteiger partial charge is 0.461 e. The van der Waals surface area contributed by atoms with Crippen LogP contribution in [0.4, 0.5) is 0 Å². The minimum atomic E-state index is -0.478. The molecule has 2 aliphatic rings. The van der Waals surface area contributed by atoms with Gasteiger partial charge in [0.15, 0.2) is 5.69 Å². The molecule has 1 aromatic heterocycles. The number of aromatic nitrogens is 2. The fourth-order valence-corrected chi connectivity index (χ4v) is 3.63. The van der Waals surface area contributed by atoms with Gasteiger partial charge >= 0.3 is 5.97 Å². The number of ether oxygens (including phenoxy) is 1. The van der Waals surface area contributed by atoms with Gasteiger partial charge in [0.25, 0.3) is 0 Å². The minimum Gasteiger partial charge on any atom is -0.461 e. The molecule has 1 fully saturated rings. The van der Waals surface area contributed by atoms with Gasteiger partial charge in [-0.3, -0.25) is 14.7 Å². The van der Waals surface area contributed by atoms with E-state index >= 15 is 0 Å². The average Bonchev–Trinajstić information content (AvgIpc) is 3.17. The molecule has 1 unspecified atom stereocenters. The smallest absolute Gasteiger partial charge is 0.359 e. The molecule has 0 radical (unpaired) electrons. The second-order valence-corrected chi connectivity index (χ2v) is 7.84. The highest BCUT2D eigenvalue weighted by Gasteiger charge is 2.41. The third kappa shape index (κ3) is 3.32. The third-order valence-corrected chi connectivity index (χ3v) is 5.00. The van der Waals surface area contributed by atoms with Crippen molar-refractivity contribution in [3.05, 3.63) is 17.0 Å². The van der Waals surface area contributed by atoms with Gasteiger partial charge in [-0.1, -0.05) is 0 Å². The van der Waals surface area contributed by atoms with Gasteiger partial charge in [0.1, 0.15) is 0 Å². The number of nitrogens with zero attached hydrogens (tertiary/aromatic N) is 3. The molecule has 1 saturated heterocycles. The molecule has 0 spiro atoms. The van der Waals surface area contributed by atoms with Gasteiger partial charge < -0.3 is 14.5 Å². The SMILES string of the molecule is CCOC(=O)c1n[nH]c2c1CN(C(=O)C1CC(=O)N(C(C)(C)C)C1)CC2. The van der Waals surface area contributed by atoms with Crippen LogP contribution in [-0.4, -0.2) is 63.0 Å². The summed E-state index contributed by atoms with van der Waals surface area (Å²) in [5, 5.41) is 6.94. The summed E-state index contributed by atoms with van der Waals surface area (Å²) in [6, 6.07) is 0. The Morgan fingerprint density at radius 1 is 1.35 bits per heavy atom. The number of carbonyl (C=O) groups excluding carboxylic acids is 3. The van der Waals surface area contributed by atoms with Crippen LogP contribution >= 0.6 is 0 Å². The molecule has 1 aromatic rings. The maximum Gasteiger partial charge on any atom is 0.359 e. The molecule has 0 bridgehead atoms. The van der Waals surface area contributed by atoms with Crippen molar-refractivity contribution in [3.8, 4) is 0 Å². The summed E-state index contributed by atoms with van der Waals surface area (Å²) in [5.74, 6) is -0.827. The lowest BCUT2D eigenvalue weighted by atomic mass is 10.0. The first-order valence-corrected chi connectivity index (χ1v) is 9.04. The lowest BCUT2D eigenvalue weighted by Crippen LogP contribution is -2.44. The normalized spacial score (nSPS) is 20.3. The van der Waals surface area contributed by atoms with Crippen molar-refractivity contribution >= 4 is 17.8 Å². The molecular weight excluding hydrogens is 336 g/mol. The number of rotatable bonds is 3. The Morgan fingerprint density at radius 2 is 2.08 bits per heavy atom. The van der Waals surface area contributed by atoms with E-state index in [4.69, 9.17) is 4.74 Å². The summed E-state index contributed by atoms with van der Waals surface area (Å²) >= 11 is 0. The number of nitrogens with one attached hydrogen (secondary N) is 1. The molecular formula is C18H26N4O4. The Morgan fingerprint density at radius 3 is 2.69 bits per heavy atom. The van der Waals surface area contributed by atoms with E-state index in [1.807, 2.05) is 20.8 Å². The third-order valence-electron chi connectivity index (χ3n) is 5.00. The summed E-state index contributed by atoms with van der Waals surface area (Å²) in [6.07, 6.45) is 0.854. The number of esters is 1. The molecule has 0 aromatic carbocycles. The maximum absolute atomic E-state index is 13.0. The molecule has 2 amide bonds. The zero-order valence-electron chi connectivity index (χ0n) is 15.8. The van der Waals surface area contributed by atoms with Gasteiger partial charge in [0.05, 0.1) is 12.5 Å². The van der Waals surface area contributed by atoms with Gasteiger partial charge in [-0.25, -0.2) is 4.79 Å². The van der Waals surface area contributed by atoms with Crippen molar-refractivity contribution in [3.63, 3.8) is 0 Å². The molecule has 1 atom stereocenters. The number of amides is 2. The van der Waals surface area contributed by atoms with E-state index in [0.29, 0.717) is 26.1 Å². The van der Waals surface area contributed by atoms with E-state index in [0.717, 1.165) is 11.3 Å². The van der Waals surface area contributed by atoms with Crippen molar-refractivity contribution in [1.82, 2.24) is 20.0 Å². The lowest BCUT2D eigenvalue weighted by molar-refractivity contribution is -0.136. The predicted molar refractivity (Wildman–Crippen MR) is 93.2 cm³/mol. The molecule has 8 heteroatoms. The van der Waals surface area contributed by atoms with Gasteiger partial charge in [0, 0.05) is 49.3 Å². The van der Waals surface area contributed by atoms with Crippen molar-refractivity contribution in [2.24, 2.45) is 5.92 Å². The van der Waals surface area contributed by atoms with Crippen LogP contribution in [0, 0.1) is 5.92 Å². The summed E-state index contributed by atoms with van der Waals surface area (Å²) in [4.78, 5) is 40.8. The summed E-state index contributed by atoms with van der Waals surface area (Å²) in [6.45, 7) is 9.25. The first-order chi connectivity index (χ1) is 12.2. The molecule has 8 nitrogen and oxygen atoms in total. The van der Waals surface area contributed by atoms with E-state index < -0.39 is 5.97 Å². The highest BCUT2D eigenvalue weighted by Crippen LogP contribution is 2.29. The van der Waals surface area contributed by atoms with Crippen LogP contribution in [0.3, 0.4) is 0 Å². The second kappa shape index (κ2) is 6.74. The maximum atomic E-state index is 13.0. The van der Waals surface area contributed by atoms with E-state index in [2.05, 4.69) is 10.2 Å². The highest BCUT2D eigenvalue weighted by molar-refractivity contribution is 5.91. The summed E-state index contributed by atoms with van der Waals surface area (Å²) in [5.41, 5.74) is 1.55. The molecule has 1 N–H and O–H groups in total. The van der Waals surface area contributed by atoms with E-state index in [-0.39, 0.29) is 42.0 Å². The number of H-pyrrole nitrogens is 1. The van der Waals surface area contributed by atoms with Crippen LogP contribution < -0.4 is 0 Å². The van der Waals surface area contributed by atoms with Gasteiger partial charge in [-0.15, -0.1) is 0 Å². The van der Waals surface area contributed by atoms with E-state index in [1.165, 1.54) is 0 Å². The van der Waals surface area contributed by atoms with Crippen LogP contribution in [0.2, 0.25) is 0 Å². The number of aromatic amines is 1. The Kier molecular flexibility index (Phi) is 4.77. The van der Waals surface area contributed by atoms with Crippen LogP contribution in [0.1, 0.15) is 55.9 Å². The number of likely N-dealkylation sites (tertiary alicyclic amines) is 1. The number of hydrogen-bond donors (Lipinski definition) is 1. The van der Waals surface area contributed by atoms with Gasteiger partial charge in [0.2, 0.25) is 11.8 Å². The Balaban J connectivity index is 1.73. The molecule has 0 saturated carbocycles. The second-order valence-electron chi connectivity index (χ2n) is 7.84. The van der Waals surface area contributed by atoms with Crippen LogP contribution in [0.5, 0.6) is 0 Å². The Labute approximate surface area is 152 Å². The van der Waals surface area contributed by atoms with Crippen LogP contribution in [0.15, 0.2) is 0 Å². The monoisotopic (exact) mass is 362 g/mol. The molecule has 2 aliphatic heterocycles. The lowest BCUT2D eigenvalue weighted by Gasteiger charge is -2.33. The first-order valence-electron chi connectivity index (χ1n) is 9.04. The van der Waals surface area contributed by atoms with Gasteiger partial charge in [-0.2, -0.15) is 5.10 Å². The Bertz CT molecular complexity index is 734. The fraction of sp³-hybridized carbons (Fsp3) is 0.667. The first kappa shape index (κ1) is 18.4. The topological polar surface area (TPSA) is 95.6 Å². The molecule has 26 heavy (non-hydrogen) atoms. The van der Waals surface area contributed by atoms with Crippen LogP contribution in [0.25, 0.3) is 0 Å². The van der Waals surface area contributed by atoms with Crippen molar-refractivity contribution < 1.29 is 19.1 Å². The van der Waals surface area contributed by atoms with Crippen molar-refractivity contribution in [2.75, 3.05) is 19.7 Å². The van der Waals surface area contributed by atoms with Crippen molar-refractivity contribution in [2.45, 2.75) is 52.6 Å². The number of hydrogen-bond acceptors (Lipinski definition) is 5. The van der Waals surface area contributed by atoms with Crippen molar-refractivity contribution in [1.29, 1.82) is 0 Å². The minimum absolute atomic E-state index is 0.0177. The standard InChI is InChI=1S/C18H26N4O4/c1-5-26-17(25)15-12-10-21(7-6-13(12)19-20-15)16(24)11-8-14(23)22(9-11)18(2,3)4/h11H,5-10H2,1-4H3,(H,19,20). The fourth-order valence-electron chi connectivity index (χ4n) is 3.63. The number of carbonyl (C=O) groups is 3. The van der Waals surface area contributed by atoms with E-state index in [1.54, 1.807) is 16.7 Å². The van der Waals surface area contributed by atoms with Gasteiger partial charge in [-0.05, 0) is 27.7 Å². The highest BCUT2D eigenvalue weighted by atomic mass is 16.5. The Hall–Kier alpha value is -2.38. The summed E-state index contributed by atoms with van der Waals surface area (Å²) < 4.78 is 5.04. The molecule has 3 heterocycles. The zero-order chi connectivity index (χ0) is 19.1. The molecule has 142 valence electrons. The number of fused-ring (bicyclic) bond motifs is 1. The average molecular weight is 362 g/mol. The van der Waals surface area contributed by atoms with E-state index in [9.17, 15) is 14.4 Å².